The Balaban J connectivity index is 2.60. The summed E-state index contributed by atoms with van der Waals surface area (Å²) in [6, 6.07) is 5.76. The Morgan fingerprint density at radius 2 is 2.08 bits per heavy atom. The molecule has 0 amide bonds. The third kappa shape index (κ3) is 1.23. The summed E-state index contributed by atoms with van der Waals surface area (Å²) < 4.78 is 0. The molecule has 1 aliphatic carbocycles. The molecule has 1 aromatic rings. The first-order valence-electron chi connectivity index (χ1n) is 4.84. The number of hydrogen-bond acceptors (Lipinski definition) is 1. The smallest absolute Gasteiger partial charge is 0.115 e. The van der Waals surface area contributed by atoms with Crippen molar-refractivity contribution in [2.24, 2.45) is 0 Å². The number of fused-ring (bicyclic) bond motifs is 1. The van der Waals surface area contributed by atoms with Crippen molar-refractivity contribution in [2.75, 3.05) is 0 Å². The van der Waals surface area contributed by atoms with E-state index >= 15 is 0 Å². The van der Waals surface area contributed by atoms with Gasteiger partial charge in [-0.2, -0.15) is 0 Å². The lowest BCUT2D eigenvalue weighted by Gasteiger charge is -2.18. The number of benzene rings is 1. The van der Waals surface area contributed by atoms with Gasteiger partial charge in [0.15, 0.2) is 0 Å². The second-order valence-electron chi connectivity index (χ2n) is 4.76. The quantitative estimate of drug-likeness (QED) is 0.643. The van der Waals surface area contributed by atoms with E-state index < -0.39 is 0 Å². The van der Waals surface area contributed by atoms with Crippen LogP contribution in [-0.4, -0.2) is 5.11 Å². The lowest BCUT2D eigenvalue weighted by molar-refractivity contribution is 0.466. The Bertz CT molecular complexity index is 339. The molecule has 1 nitrogen and oxygen atoms in total. The molecule has 1 aromatic carbocycles. The molecule has 0 radical (unpaired) electrons. The Labute approximate surface area is 79.4 Å². The van der Waals surface area contributed by atoms with E-state index in [1.807, 2.05) is 6.07 Å². The minimum Gasteiger partial charge on any atom is -0.508 e. The lowest BCUT2D eigenvalue weighted by atomic mass is 9.86. The number of rotatable bonds is 0. The summed E-state index contributed by atoms with van der Waals surface area (Å²) in [5, 5.41) is 9.41. The highest BCUT2D eigenvalue weighted by atomic mass is 16.3. The summed E-state index contributed by atoms with van der Waals surface area (Å²) in [6.45, 7) is 6.74. The summed E-state index contributed by atoms with van der Waals surface area (Å²) in [6.07, 6.45) is 1.19. The number of hydrogen-bond donors (Lipinski definition) is 1. The van der Waals surface area contributed by atoms with E-state index in [0.29, 0.717) is 11.7 Å². The van der Waals surface area contributed by atoms with Crippen molar-refractivity contribution in [1.82, 2.24) is 0 Å². The molecular formula is C12H16O. The lowest BCUT2D eigenvalue weighted by Crippen LogP contribution is -2.11. The van der Waals surface area contributed by atoms with Crippen LogP contribution in [0, 0.1) is 0 Å². The molecular weight excluding hydrogens is 160 g/mol. The van der Waals surface area contributed by atoms with Gasteiger partial charge in [0.05, 0.1) is 0 Å². The zero-order chi connectivity index (χ0) is 9.64. The summed E-state index contributed by atoms with van der Waals surface area (Å²) >= 11 is 0. The van der Waals surface area contributed by atoms with Gasteiger partial charge in [-0.15, -0.1) is 0 Å². The molecule has 1 unspecified atom stereocenters. The second kappa shape index (κ2) is 2.50. The highest BCUT2D eigenvalue weighted by Crippen LogP contribution is 2.46. The van der Waals surface area contributed by atoms with E-state index in [1.165, 1.54) is 17.5 Å². The van der Waals surface area contributed by atoms with E-state index in [4.69, 9.17) is 0 Å². The summed E-state index contributed by atoms with van der Waals surface area (Å²) in [5.74, 6) is 1.02. The van der Waals surface area contributed by atoms with Crippen molar-refractivity contribution < 1.29 is 5.11 Å². The van der Waals surface area contributed by atoms with Crippen molar-refractivity contribution in [1.29, 1.82) is 0 Å². The van der Waals surface area contributed by atoms with Crippen molar-refractivity contribution in [3.63, 3.8) is 0 Å². The van der Waals surface area contributed by atoms with Crippen LogP contribution in [0.4, 0.5) is 0 Å². The SMILES string of the molecule is CC1CC(C)(C)c2cc(O)ccc21. The van der Waals surface area contributed by atoms with Crippen LogP contribution in [0.3, 0.4) is 0 Å². The molecule has 70 valence electrons. The highest BCUT2D eigenvalue weighted by Gasteiger charge is 2.34. The average molecular weight is 176 g/mol. The molecule has 2 rings (SSSR count). The molecule has 0 saturated carbocycles. The maximum Gasteiger partial charge on any atom is 0.115 e. The van der Waals surface area contributed by atoms with Crippen molar-refractivity contribution in [3.05, 3.63) is 29.3 Å². The second-order valence-corrected chi connectivity index (χ2v) is 4.76. The monoisotopic (exact) mass is 176 g/mol. The number of phenols is 1. The zero-order valence-electron chi connectivity index (χ0n) is 8.46. The topological polar surface area (TPSA) is 20.2 Å². The zero-order valence-corrected chi connectivity index (χ0v) is 8.46. The van der Waals surface area contributed by atoms with Crippen LogP contribution < -0.4 is 0 Å². The summed E-state index contributed by atoms with van der Waals surface area (Å²) in [5.41, 5.74) is 2.95. The fourth-order valence-corrected chi connectivity index (χ4v) is 2.55. The van der Waals surface area contributed by atoms with E-state index in [9.17, 15) is 5.11 Å². The first-order chi connectivity index (χ1) is 6.00. The molecule has 0 saturated heterocycles. The highest BCUT2D eigenvalue weighted by molar-refractivity contribution is 5.45. The Morgan fingerprint density at radius 1 is 1.38 bits per heavy atom. The molecule has 1 heteroatoms. The molecule has 0 spiro atoms. The maximum absolute atomic E-state index is 9.41. The van der Waals surface area contributed by atoms with Crippen LogP contribution >= 0.6 is 0 Å². The van der Waals surface area contributed by atoms with Crippen LogP contribution in [0.1, 0.15) is 44.2 Å². The molecule has 1 atom stereocenters. The van der Waals surface area contributed by atoms with E-state index in [1.54, 1.807) is 6.07 Å². The van der Waals surface area contributed by atoms with Crippen molar-refractivity contribution in [3.8, 4) is 5.75 Å². The van der Waals surface area contributed by atoms with Gasteiger partial charge in [0.2, 0.25) is 0 Å². The van der Waals surface area contributed by atoms with Crippen LogP contribution in [0.5, 0.6) is 5.75 Å². The fraction of sp³-hybridized carbons (Fsp3) is 0.500. The normalized spacial score (nSPS) is 24.4. The number of aromatic hydroxyl groups is 1. The Hall–Kier alpha value is -0.980. The van der Waals surface area contributed by atoms with Gasteiger partial charge in [-0.05, 0) is 41.0 Å². The van der Waals surface area contributed by atoms with Gasteiger partial charge in [0.1, 0.15) is 5.75 Å². The Morgan fingerprint density at radius 3 is 2.77 bits per heavy atom. The molecule has 0 heterocycles. The van der Waals surface area contributed by atoms with Gasteiger partial charge in [-0.25, -0.2) is 0 Å². The van der Waals surface area contributed by atoms with E-state index in [0.717, 1.165) is 0 Å². The molecule has 0 aromatic heterocycles. The predicted molar refractivity (Wildman–Crippen MR) is 54.2 cm³/mol. The largest absolute Gasteiger partial charge is 0.508 e. The van der Waals surface area contributed by atoms with Crippen LogP contribution in [0.25, 0.3) is 0 Å². The fourth-order valence-electron chi connectivity index (χ4n) is 2.55. The third-order valence-corrected chi connectivity index (χ3v) is 3.11. The average Bonchev–Trinajstić information content (AvgIpc) is 2.23. The van der Waals surface area contributed by atoms with Gasteiger partial charge in [-0.3, -0.25) is 0 Å². The van der Waals surface area contributed by atoms with Gasteiger partial charge in [-0.1, -0.05) is 26.8 Å². The molecule has 1 N–H and O–H groups in total. The van der Waals surface area contributed by atoms with Crippen LogP contribution in [-0.2, 0) is 5.41 Å². The van der Waals surface area contributed by atoms with Crippen LogP contribution in [0.2, 0.25) is 0 Å². The van der Waals surface area contributed by atoms with E-state index in [-0.39, 0.29) is 5.41 Å². The minimum atomic E-state index is 0.230. The molecule has 1 aliphatic rings. The van der Waals surface area contributed by atoms with E-state index in [2.05, 4.69) is 26.8 Å². The maximum atomic E-state index is 9.41. The standard InChI is InChI=1S/C12H16O/c1-8-7-12(2,3)11-6-9(13)4-5-10(8)11/h4-6,8,13H,7H2,1-3H3. The molecule has 0 fully saturated rings. The van der Waals surface area contributed by atoms with Gasteiger partial charge < -0.3 is 5.11 Å². The summed E-state index contributed by atoms with van der Waals surface area (Å²) in [7, 11) is 0. The first kappa shape index (κ1) is 8.61. The molecule has 0 bridgehead atoms. The summed E-state index contributed by atoms with van der Waals surface area (Å²) in [4.78, 5) is 0. The number of phenolic OH excluding ortho intramolecular Hbond substituents is 1. The van der Waals surface area contributed by atoms with Gasteiger partial charge >= 0.3 is 0 Å². The predicted octanol–water partition coefficient (Wildman–Crippen LogP) is 3.18. The Kier molecular flexibility index (Phi) is 1.66. The third-order valence-electron chi connectivity index (χ3n) is 3.11. The van der Waals surface area contributed by atoms with Crippen molar-refractivity contribution >= 4 is 0 Å². The first-order valence-corrected chi connectivity index (χ1v) is 4.84. The molecule has 13 heavy (non-hydrogen) atoms. The van der Waals surface area contributed by atoms with Gasteiger partial charge in [0.25, 0.3) is 0 Å². The van der Waals surface area contributed by atoms with Crippen molar-refractivity contribution in [2.45, 2.75) is 38.5 Å². The van der Waals surface area contributed by atoms with Gasteiger partial charge in [0, 0.05) is 0 Å². The molecule has 0 aliphatic heterocycles. The minimum absolute atomic E-state index is 0.230. The van der Waals surface area contributed by atoms with Crippen LogP contribution in [0.15, 0.2) is 18.2 Å².